The zero-order valence-electron chi connectivity index (χ0n) is 13.4. The van der Waals surface area contributed by atoms with E-state index in [1.54, 1.807) is 0 Å². The van der Waals surface area contributed by atoms with E-state index in [1.165, 1.54) is 5.56 Å². The predicted octanol–water partition coefficient (Wildman–Crippen LogP) is 4.85. The van der Waals surface area contributed by atoms with Gasteiger partial charge in [0.2, 0.25) is 0 Å². The maximum absolute atomic E-state index is 12.4. The molecule has 2 aromatic carbocycles. The molecule has 0 fully saturated rings. The molecule has 0 bridgehead atoms. The number of benzene rings is 2. The molecule has 0 aliphatic carbocycles. The molecule has 2 nitrogen and oxygen atoms in total. The summed E-state index contributed by atoms with van der Waals surface area (Å²) in [6, 6.07) is 13.9. The van der Waals surface area contributed by atoms with Crippen molar-refractivity contribution < 1.29 is 4.79 Å². The minimum absolute atomic E-state index is 0.0535. The van der Waals surface area contributed by atoms with Gasteiger partial charge in [0.15, 0.2) is 0 Å². The first-order chi connectivity index (χ1) is 9.79. The molecule has 0 radical (unpaired) electrons. The van der Waals surface area contributed by atoms with E-state index < -0.39 is 0 Å². The van der Waals surface area contributed by atoms with Crippen molar-refractivity contribution in [2.45, 2.75) is 40.0 Å². The second-order valence-corrected chi connectivity index (χ2v) is 6.55. The van der Waals surface area contributed by atoms with Crippen LogP contribution in [0.2, 0.25) is 0 Å². The third-order valence-electron chi connectivity index (χ3n) is 3.74. The fourth-order valence-corrected chi connectivity index (χ4v) is 2.24. The Labute approximate surface area is 127 Å². The van der Waals surface area contributed by atoms with Crippen LogP contribution < -0.4 is 5.32 Å². The lowest BCUT2D eigenvalue weighted by Gasteiger charge is -2.21. The van der Waals surface area contributed by atoms with Crippen molar-refractivity contribution in [2.24, 2.45) is 0 Å². The van der Waals surface area contributed by atoms with Gasteiger partial charge in [0.05, 0.1) is 0 Å². The van der Waals surface area contributed by atoms with Crippen molar-refractivity contribution in [3.63, 3.8) is 0 Å². The van der Waals surface area contributed by atoms with Gasteiger partial charge in [-0.3, -0.25) is 4.79 Å². The van der Waals surface area contributed by atoms with E-state index in [0.717, 1.165) is 22.4 Å². The average Bonchev–Trinajstić information content (AvgIpc) is 2.40. The van der Waals surface area contributed by atoms with E-state index in [1.807, 2.05) is 38.1 Å². The molecule has 0 spiro atoms. The van der Waals surface area contributed by atoms with Gasteiger partial charge in [-0.1, -0.05) is 51.1 Å². The first-order valence-electron chi connectivity index (χ1n) is 7.27. The molecule has 2 heteroatoms. The van der Waals surface area contributed by atoms with Gasteiger partial charge in [-0.25, -0.2) is 0 Å². The second kappa shape index (κ2) is 5.72. The summed E-state index contributed by atoms with van der Waals surface area (Å²) in [5.41, 5.74) is 4.95. The Hall–Kier alpha value is -2.09. The number of anilines is 1. The highest BCUT2D eigenvalue weighted by Crippen LogP contribution is 2.27. The Kier molecular flexibility index (Phi) is 4.17. The maximum atomic E-state index is 12.4. The summed E-state index contributed by atoms with van der Waals surface area (Å²) in [6.45, 7) is 10.5. The van der Waals surface area contributed by atoms with Crippen molar-refractivity contribution >= 4 is 11.6 Å². The van der Waals surface area contributed by atoms with Crippen LogP contribution in [0.15, 0.2) is 42.5 Å². The number of hydrogen-bond acceptors (Lipinski definition) is 1. The smallest absolute Gasteiger partial charge is 0.255 e. The van der Waals surface area contributed by atoms with Crippen molar-refractivity contribution in [3.8, 4) is 0 Å². The van der Waals surface area contributed by atoms with Gasteiger partial charge in [0.1, 0.15) is 0 Å². The van der Waals surface area contributed by atoms with Crippen LogP contribution in [0.4, 0.5) is 5.69 Å². The van der Waals surface area contributed by atoms with Gasteiger partial charge >= 0.3 is 0 Å². The largest absolute Gasteiger partial charge is 0.322 e. The van der Waals surface area contributed by atoms with Gasteiger partial charge < -0.3 is 5.32 Å². The lowest BCUT2D eigenvalue weighted by molar-refractivity contribution is 0.102. The SMILES string of the molecule is Cc1ccc(C(C)(C)C)cc1NC(=O)c1ccccc1C. The molecular weight excluding hydrogens is 258 g/mol. The molecule has 21 heavy (non-hydrogen) atoms. The standard InChI is InChI=1S/C19H23NO/c1-13-8-6-7-9-16(13)18(21)20-17-12-15(19(3,4)5)11-10-14(17)2/h6-12H,1-5H3,(H,20,21). The van der Waals surface area contributed by atoms with Crippen molar-refractivity contribution in [1.82, 2.24) is 0 Å². The number of carbonyl (C=O) groups is 1. The molecule has 110 valence electrons. The van der Waals surface area contributed by atoms with Gasteiger partial charge in [-0.05, 0) is 48.1 Å². The van der Waals surface area contributed by atoms with Gasteiger partial charge in [0, 0.05) is 11.3 Å². The normalized spacial score (nSPS) is 11.3. The molecule has 0 aliphatic rings. The maximum Gasteiger partial charge on any atom is 0.255 e. The Balaban J connectivity index is 2.31. The van der Waals surface area contributed by atoms with Crippen LogP contribution in [0.3, 0.4) is 0 Å². The first-order valence-corrected chi connectivity index (χ1v) is 7.27. The number of carbonyl (C=O) groups excluding carboxylic acids is 1. The van der Waals surface area contributed by atoms with Crippen LogP contribution in [0, 0.1) is 13.8 Å². The summed E-state index contributed by atoms with van der Waals surface area (Å²) in [4.78, 5) is 12.4. The molecule has 0 unspecified atom stereocenters. The van der Waals surface area contributed by atoms with Crippen molar-refractivity contribution in [1.29, 1.82) is 0 Å². The molecule has 0 saturated carbocycles. The van der Waals surface area contributed by atoms with Gasteiger partial charge in [-0.15, -0.1) is 0 Å². The summed E-state index contributed by atoms with van der Waals surface area (Å²) >= 11 is 0. The van der Waals surface area contributed by atoms with E-state index in [-0.39, 0.29) is 11.3 Å². The fraction of sp³-hybridized carbons (Fsp3) is 0.316. The molecule has 0 aliphatic heterocycles. The number of hydrogen-bond donors (Lipinski definition) is 1. The third-order valence-corrected chi connectivity index (χ3v) is 3.74. The number of aryl methyl sites for hydroxylation is 2. The Morgan fingerprint density at radius 1 is 0.952 bits per heavy atom. The highest BCUT2D eigenvalue weighted by atomic mass is 16.1. The Morgan fingerprint density at radius 2 is 1.62 bits per heavy atom. The van der Waals surface area contributed by atoms with Crippen LogP contribution in [0.5, 0.6) is 0 Å². The highest BCUT2D eigenvalue weighted by molar-refractivity contribution is 6.05. The quantitative estimate of drug-likeness (QED) is 0.837. The van der Waals surface area contributed by atoms with Crippen molar-refractivity contribution in [2.75, 3.05) is 5.32 Å². The zero-order chi connectivity index (χ0) is 15.6. The average molecular weight is 281 g/mol. The lowest BCUT2D eigenvalue weighted by atomic mass is 9.86. The highest BCUT2D eigenvalue weighted by Gasteiger charge is 2.16. The molecule has 0 saturated heterocycles. The zero-order valence-corrected chi connectivity index (χ0v) is 13.4. The van der Waals surface area contributed by atoms with E-state index >= 15 is 0 Å². The number of nitrogens with one attached hydrogen (secondary N) is 1. The summed E-state index contributed by atoms with van der Waals surface area (Å²) in [7, 11) is 0. The number of amides is 1. The molecule has 0 atom stereocenters. The van der Waals surface area contributed by atoms with E-state index in [4.69, 9.17) is 0 Å². The van der Waals surface area contributed by atoms with Crippen LogP contribution in [-0.4, -0.2) is 5.91 Å². The third kappa shape index (κ3) is 3.52. The molecular formula is C19H23NO. The van der Waals surface area contributed by atoms with E-state index in [0.29, 0.717) is 0 Å². The van der Waals surface area contributed by atoms with E-state index in [9.17, 15) is 4.79 Å². The number of rotatable bonds is 2. The Morgan fingerprint density at radius 3 is 2.24 bits per heavy atom. The minimum atomic E-state index is -0.0535. The Bertz CT molecular complexity index is 666. The first kappa shape index (κ1) is 15.3. The minimum Gasteiger partial charge on any atom is -0.322 e. The summed E-state index contributed by atoms with van der Waals surface area (Å²) in [5, 5.41) is 3.04. The predicted molar refractivity (Wildman–Crippen MR) is 89.0 cm³/mol. The summed E-state index contributed by atoms with van der Waals surface area (Å²) in [6.07, 6.45) is 0. The fourth-order valence-electron chi connectivity index (χ4n) is 2.24. The van der Waals surface area contributed by atoms with Crippen LogP contribution in [-0.2, 0) is 5.41 Å². The second-order valence-electron chi connectivity index (χ2n) is 6.55. The monoisotopic (exact) mass is 281 g/mol. The van der Waals surface area contributed by atoms with Crippen LogP contribution >= 0.6 is 0 Å². The summed E-state index contributed by atoms with van der Waals surface area (Å²) < 4.78 is 0. The van der Waals surface area contributed by atoms with Gasteiger partial charge in [0.25, 0.3) is 5.91 Å². The topological polar surface area (TPSA) is 29.1 Å². The molecule has 0 aromatic heterocycles. The van der Waals surface area contributed by atoms with Crippen LogP contribution in [0.1, 0.15) is 47.8 Å². The molecule has 2 rings (SSSR count). The summed E-state index contributed by atoms with van der Waals surface area (Å²) in [5.74, 6) is -0.0535. The molecule has 1 N–H and O–H groups in total. The molecule has 0 heterocycles. The van der Waals surface area contributed by atoms with E-state index in [2.05, 4.69) is 44.3 Å². The lowest BCUT2D eigenvalue weighted by Crippen LogP contribution is -2.16. The molecule has 2 aromatic rings. The van der Waals surface area contributed by atoms with Crippen molar-refractivity contribution in [3.05, 3.63) is 64.7 Å². The van der Waals surface area contributed by atoms with Crippen LogP contribution in [0.25, 0.3) is 0 Å². The van der Waals surface area contributed by atoms with Gasteiger partial charge in [-0.2, -0.15) is 0 Å². The molecule has 1 amide bonds.